The maximum absolute atomic E-state index is 16.2. The van der Waals surface area contributed by atoms with Crippen LogP contribution in [0.5, 0.6) is 0 Å². The lowest BCUT2D eigenvalue weighted by molar-refractivity contribution is -0.146. The summed E-state index contributed by atoms with van der Waals surface area (Å²) in [6.45, 7) is 6.68. The summed E-state index contributed by atoms with van der Waals surface area (Å²) in [6, 6.07) is 13.2. The third kappa shape index (κ3) is 5.48. The van der Waals surface area contributed by atoms with Crippen LogP contribution in [0.4, 0.5) is 15.5 Å². The van der Waals surface area contributed by atoms with Gasteiger partial charge in [-0.05, 0) is 68.3 Å². The largest absolute Gasteiger partial charge is 0.396 e. The summed E-state index contributed by atoms with van der Waals surface area (Å²) in [5, 5.41) is 18.0. The number of amides is 2. The average Bonchev–Trinajstić information content (AvgIpc) is 3.62. The molecule has 1 spiro atoms. The fourth-order valence-electron chi connectivity index (χ4n) is 7.47. The highest BCUT2D eigenvalue weighted by molar-refractivity contribution is 6.72. The number of carbonyl (C=O) groups is 2. The van der Waals surface area contributed by atoms with Crippen molar-refractivity contribution in [2.24, 2.45) is 5.92 Å². The second kappa shape index (κ2) is 12.0. The molecule has 0 aliphatic carbocycles. The molecule has 3 aliphatic rings. The van der Waals surface area contributed by atoms with E-state index in [1.807, 2.05) is 42.2 Å². The molecule has 2 saturated heterocycles. The van der Waals surface area contributed by atoms with E-state index in [-0.39, 0.29) is 25.0 Å². The molecular weight excluding hydrogens is 601 g/mol. The first-order valence-electron chi connectivity index (χ1n) is 15.4. The summed E-state index contributed by atoms with van der Waals surface area (Å²) in [4.78, 5) is 30.8. The van der Waals surface area contributed by atoms with Gasteiger partial charge in [0.15, 0.2) is 5.60 Å². The van der Waals surface area contributed by atoms with E-state index in [1.165, 1.54) is 0 Å². The van der Waals surface area contributed by atoms with Gasteiger partial charge in [0.1, 0.15) is 0 Å². The van der Waals surface area contributed by atoms with Crippen molar-refractivity contribution in [3.63, 3.8) is 0 Å². The van der Waals surface area contributed by atoms with Gasteiger partial charge in [0.2, 0.25) is 14.3 Å². The molecule has 3 aliphatic heterocycles. The van der Waals surface area contributed by atoms with Gasteiger partial charge in [-0.3, -0.25) is 14.3 Å². The van der Waals surface area contributed by atoms with E-state index in [0.717, 1.165) is 24.1 Å². The molecule has 4 atom stereocenters. The van der Waals surface area contributed by atoms with Crippen molar-refractivity contribution >= 4 is 43.2 Å². The third-order valence-corrected chi connectivity index (χ3v) is 12.1. The van der Waals surface area contributed by atoms with Crippen molar-refractivity contribution in [3.8, 4) is 0 Å². The molecular formula is C32H39ClFN5O4Si. The van der Waals surface area contributed by atoms with Gasteiger partial charge in [0.05, 0.1) is 24.0 Å². The van der Waals surface area contributed by atoms with Gasteiger partial charge in [-0.15, -0.1) is 5.10 Å². The number of anilines is 2. The number of fused-ring (bicyclic) bond motifs is 2. The quantitative estimate of drug-likeness (QED) is 0.249. The van der Waals surface area contributed by atoms with E-state index in [2.05, 4.69) is 10.3 Å². The summed E-state index contributed by atoms with van der Waals surface area (Å²) in [5.74, 6) is -0.547. The molecule has 6 rings (SSSR count). The summed E-state index contributed by atoms with van der Waals surface area (Å²) in [7, 11) is -3.33. The standard InChI is InChI=1S/C32H39ClFN5O4Si/c1-21-30(44(2,3)34)28(12-15-37-20-24(13-16-40)35-36-37)43-32(21)26-18-23(33)10-11-27(26)39(31(32)42)19-22-7-6-8-25(17-22)38-14-5-4-9-29(38)41/h6-8,10-11,17-18,20-21,28,30,40H,4-5,9,12-16,19H2,1-3H3/t21-,28+,30-,32+/m1/s1. The van der Waals surface area contributed by atoms with Crippen molar-refractivity contribution in [2.45, 2.75) is 82.5 Å². The van der Waals surface area contributed by atoms with Crippen molar-refractivity contribution < 1.29 is 23.5 Å². The minimum atomic E-state index is -3.33. The van der Waals surface area contributed by atoms with Crippen LogP contribution in [0.1, 0.15) is 49.4 Å². The Morgan fingerprint density at radius 3 is 2.75 bits per heavy atom. The molecule has 0 saturated carbocycles. The molecule has 234 valence electrons. The minimum absolute atomic E-state index is 0.0184. The Morgan fingerprint density at radius 1 is 1.18 bits per heavy atom. The number of halogens is 2. The van der Waals surface area contributed by atoms with Crippen LogP contribution in [0.3, 0.4) is 0 Å². The second-order valence-electron chi connectivity index (χ2n) is 12.7. The van der Waals surface area contributed by atoms with Crippen LogP contribution < -0.4 is 9.80 Å². The maximum atomic E-state index is 16.2. The van der Waals surface area contributed by atoms with Gasteiger partial charge in [0.25, 0.3) is 5.91 Å². The summed E-state index contributed by atoms with van der Waals surface area (Å²) < 4.78 is 24.7. The zero-order valence-electron chi connectivity index (χ0n) is 25.4. The lowest BCUT2D eigenvalue weighted by Gasteiger charge is -2.31. The monoisotopic (exact) mass is 639 g/mol. The number of piperidine rings is 1. The van der Waals surface area contributed by atoms with E-state index in [4.69, 9.17) is 16.3 Å². The number of aliphatic hydroxyl groups excluding tert-OH is 1. The highest BCUT2D eigenvalue weighted by atomic mass is 35.5. The number of aryl methyl sites for hydroxylation is 1. The summed E-state index contributed by atoms with van der Waals surface area (Å²) in [6.07, 6.45) is 4.52. The van der Waals surface area contributed by atoms with Gasteiger partial charge < -0.3 is 23.8 Å². The number of hydrogen-bond acceptors (Lipinski definition) is 6. The molecule has 0 radical (unpaired) electrons. The Bertz CT molecular complexity index is 1560. The second-order valence-corrected chi connectivity index (χ2v) is 17.0. The van der Waals surface area contributed by atoms with Crippen molar-refractivity contribution in [1.82, 2.24) is 15.0 Å². The average molecular weight is 640 g/mol. The predicted octanol–water partition coefficient (Wildman–Crippen LogP) is 5.40. The van der Waals surface area contributed by atoms with E-state index < -0.39 is 31.6 Å². The number of ether oxygens (including phenoxy) is 1. The topological polar surface area (TPSA) is 101 Å². The first-order chi connectivity index (χ1) is 21.0. The Hall–Kier alpha value is -3.12. The number of benzene rings is 2. The van der Waals surface area contributed by atoms with Crippen molar-refractivity contribution in [3.05, 3.63) is 70.5 Å². The van der Waals surface area contributed by atoms with Gasteiger partial charge in [0, 0.05) is 66.5 Å². The third-order valence-electron chi connectivity index (χ3n) is 9.41. The maximum Gasteiger partial charge on any atom is 0.264 e. The van der Waals surface area contributed by atoms with E-state index in [0.29, 0.717) is 54.3 Å². The highest BCUT2D eigenvalue weighted by Crippen LogP contribution is 2.60. The van der Waals surface area contributed by atoms with Gasteiger partial charge >= 0.3 is 0 Å². The SMILES string of the molecule is C[C@@H]1[C@@H]([Si](C)(C)F)[C@H](CCn2cc(CCO)nn2)O[C@@]12C(=O)N(Cc1cccc(N3CCCCC3=O)c1)c1ccc(Cl)cc12. The molecule has 1 aromatic heterocycles. The first-order valence-corrected chi connectivity index (χ1v) is 18.7. The summed E-state index contributed by atoms with van der Waals surface area (Å²) in [5.41, 5.74) is 1.94. The fraction of sp³-hybridized carbons (Fsp3) is 0.500. The number of rotatable bonds is 9. The van der Waals surface area contributed by atoms with E-state index >= 15 is 4.11 Å². The number of carbonyl (C=O) groups excluding carboxylic acids is 2. The van der Waals surface area contributed by atoms with Crippen LogP contribution in [-0.2, 0) is 39.4 Å². The smallest absolute Gasteiger partial charge is 0.264 e. The number of hydrogen-bond donors (Lipinski definition) is 1. The molecule has 9 nitrogen and oxygen atoms in total. The van der Waals surface area contributed by atoms with Gasteiger partial charge in [-0.25, -0.2) is 0 Å². The minimum Gasteiger partial charge on any atom is -0.396 e. The molecule has 2 amide bonds. The molecule has 44 heavy (non-hydrogen) atoms. The summed E-state index contributed by atoms with van der Waals surface area (Å²) >= 11 is 6.52. The lowest BCUT2D eigenvalue weighted by atomic mass is 9.82. The molecule has 4 heterocycles. The van der Waals surface area contributed by atoms with Crippen LogP contribution in [0.2, 0.25) is 23.7 Å². The fourth-order valence-corrected chi connectivity index (χ4v) is 10.2. The number of aliphatic hydroxyl groups is 1. The Balaban J connectivity index is 1.32. The van der Waals surface area contributed by atoms with Crippen LogP contribution >= 0.6 is 11.6 Å². The molecule has 3 aromatic rings. The Labute approximate surface area is 263 Å². The van der Waals surface area contributed by atoms with Crippen LogP contribution in [0, 0.1) is 5.92 Å². The van der Waals surface area contributed by atoms with Crippen molar-refractivity contribution in [1.29, 1.82) is 0 Å². The molecule has 2 aromatic carbocycles. The van der Waals surface area contributed by atoms with Crippen LogP contribution in [0.15, 0.2) is 48.7 Å². The van der Waals surface area contributed by atoms with Crippen LogP contribution in [0.25, 0.3) is 0 Å². The molecule has 12 heteroatoms. The van der Waals surface area contributed by atoms with E-state index in [9.17, 15) is 14.7 Å². The zero-order valence-corrected chi connectivity index (χ0v) is 27.1. The normalized spacial score (nSPS) is 25.4. The number of nitrogens with zero attached hydrogens (tertiary/aromatic N) is 5. The zero-order chi connectivity index (χ0) is 31.2. The van der Waals surface area contributed by atoms with Gasteiger partial charge in [-0.1, -0.05) is 35.9 Å². The molecule has 0 bridgehead atoms. The molecule has 0 unspecified atom stereocenters. The predicted molar refractivity (Wildman–Crippen MR) is 169 cm³/mol. The lowest BCUT2D eigenvalue weighted by Crippen LogP contribution is -2.45. The molecule has 1 N–H and O–H groups in total. The van der Waals surface area contributed by atoms with Crippen molar-refractivity contribution in [2.75, 3.05) is 23.0 Å². The number of aromatic nitrogens is 3. The van der Waals surface area contributed by atoms with Gasteiger partial charge in [-0.2, -0.15) is 0 Å². The first kappa shape index (κ1) is 30.9. The Kier molecular flexibility index (Phi) is 8.42. The Morgan fingerprint density at radius 2 is 2.00 bits per heavy atom. The highest BCUT2D eigenvalue weighted by Gasteiger charge is 2.66. The van der Waals surface area contributed by atoms with Crippen LogP contribution in [-0.4, -0.2) is 59.6 Å². The molecule has 2 fully saturated rings. The van der Waals surface area contributed by atoms with E-state index in [1.54, 1.807) is 41.0 Å².